The molecule has 1 saturated heterocycles. The van der Waals surface area contributed by atoms with Crippen LogP contribution >= 0.6 is 11.6 Å². The molecule has 2 unspecified atom stereocenters. The first-order chi connectivity index (χ1) is 9.96. The van der Waals surface area contributed by atoms with Crippen LogP contribution in [0.5, 0.6) is 0 Å². The van der Waals surface area contributed by atoms with E-state index in [1.54, 1.807) is 0 Å². The van der Waals surface area contributed by atoms with Crippen LogP contribution in [0, 0.1) is 0 Å². The van der Waals surface area contributed by atoms with Crippen LogP contribution in [-0.4, -0.2) is 35.2 Å². The van der Waals surface area contributed by atoms with Crippen molar-refractivity contribution >= 4 is 17.5 Å². The number of hydrogen-bond donors (Lipinski definition) is 2. The third-order valence-corrected chi connectivity index (χ3v) is 4.25. The molecule has 0 saturated carbocycles. The van der Waals surface area contributed by atoms with Gasteiger partial charge in [0.05, 0.1) is 11.3 Å². The average Bonchev–Trinajstić information content (AvgIpc) is 2.76. The van der Waals surface area contributed by atoms with Crippen LogP contribution < -0.4 is 10.6 Å². The second-order valence-corrected chi connectivity index (χ2v) is 6.54. The first kappa shape index (κ1) is 14.5. The number of ether oxygens (including phenoxy) is 1. The molecule has 0 aromatic rings. The molecular formula is C15H20ClN3O2. The smallest absolute Gasteiger partial charge is 0.264 e. The molecule has 0 radical (unpaired) electrons. The fourth-order valence-electron chi connectivity index (χ4n) is 2.96. The first-order valence-corrected chi connectivity index (χ1v) is 7.58. The highest BCUT2D eigenvalue weighted by atomic mass is 35.5. The lowest BCUT2D eigenvalue weighted by atomic mass is 9.94. The number of nitrogens with zero attached hydrogens (tertiary/aromatic N) is 1. The van der Waals surface area contributed by atoms with Crippen LogP contribution in [-0.2, 0) is 9.53 Å². The summed E-state index contributed by atoms with van der Waals surface area (Å²) in [6.07, 6.45) is 8.70. The Balaban J connectivity index is 1.65. The molecule has 0 spiro atoms. The van der Waals surface area contributed by atoms with E-state index in [1.807, 2.05) is 43.2 Å². The minimum absolute atomic E-state index is 0.0641. The van der Waals surface area contributed by atoms with Gasteiger partial charge in [-0.1, -0.05) is 17.7 Å². The molecule has 3 aliphatic heterocycles. The molecule has 2 atom stereocenters. The fraction of sp³-hybridized carbons (Fsp3) is 0.533. The summed E-state index contributed by atoms with van der Waals surface area (Å²) in [4.78, 5) is 14.4. The maximum Gasteiger partial charge on any atom is 0.264 e. The van der Waals surface area contributed by atoms with Crippen molar-refractivity contribution in [2.24, 2.45) is 0 Å². The summed E-state index contributed by atoms with van der Waals surface area (Å²) in [6.45, 7) is 4.77. The fourth-order valence-corrected chi connectivity index (χ4v) is 3.22. The van der Waals surface area contributed by atoms with Crippen molar-refractivity contribution < 1.29 is 9.53 Å². The summed E-state index contributed by atoms with van der Waals surface area (Å²) in [5, 5.41) is 6.64. The van der Waals surface area contributed by atoms with Gasteiger partial charge in [0.2, 0.25) is 0 Å². The highest BCUT2D eigenvalue weighted by Gasteiger charge is 2.36. The van der Waals surface area contributed by atoms with E-state index in [0.29, 0.717) is 11.8 Å². The van der Waals surface area contributed by atoms with Crippen molar-refractivity contribution in [3.05, 3.63) is 35.3 Å². The Labute approximate surface area is 129 Å². The Hall–Kier alpha value is -1.46. The zero-order valence-corrected chi connectivity index (χ0v) is 13.0. The molecular weight excluding hydrogens is 290 g/mol. The van der Waals surface area contributed by atoms with Gasteiger partial charge in [-0.2, -0.15) is 0 Å². The Bertz CT molecular complexity index is 539. The van der Waals surface area contributed by atoms with Crippen LogP contribution in [0.2, 0.25) is 0 Å². The van der Waals surface area contributed by atoms with Gasteiger partial charge in [-0.3, -0.25) is 4.79 Å². The predicted molar refractivity (Wildman–Crippen MR) is 81.1 cm³/mol. The Morgan fingerprint density at radius 2 is 2.33 bits per heavy atom. The van der Waals surface area contributed by atoms with E-state index in [0.717, 1.165) is 18.5 Å². The van der Waals surface area contributed by atoms with E-state index in [2.05, 4.69) is 10.6 Å². The van der Waals surface area contributed by atoms with Gasteiger partial charge in [0, 0.05) is 18.8 Å². The lowest BCUT2D eigenvalue weighted by Gasteiger charge is -2.36. The Kier molecular flexibility index (Phi) is 3.71. The summed E-state index contributed by atoms with van der Waals surface area (Å²) in [5.74, 6) is -0.0641. The average molecular weight is 310 g/mol. The molecule has 5 nitrogen and oxygen atoms in total. The monoisotopic (exact) mass is 309 g/mol. The van der Waals surface area contributed by atoms with Crippen molar-refractivity contribution in [3.63, 3.8) is 0 Å². The highest BCUT2D eigenvalue weighted by Crippen LogP contribution is 2.28. The molecule has 3 aliphatic rings. The third kappa shape index (κ3) is 2.94. The quantitative estimate of drug-likeness (QED) is 0.764. The lowest BCUT2D eigenvalue weighted by molar-refractivity contribution is -0.128. The number of amides is 1. The standard InChI is InChI=1S/C15H20ClN3O2/c1-15(2)9-10(6-8-21-15)17-14(20)13-18-12(16)11-5-3-4-7-19(11)13/h3-5,7,10,13,18H,6,8-9H2,1-2H3,(H,17,20). The third-order valence-electron chi connectivity index (χ3n) is 3.95. The summed E-state index contributed by atoms with van der Waals surface area (Å²) in [5.41, 5.74) is 0.639. The first-order valence-electron chi connectivity index (χ1n) is 7.20. The molecule has 0 aromatic carbocycles. The van der Waals surface area contributed by atoms with E-state index in [1.165, 1.54) is 0 Å². The van der Waals surface area contributed by atoms with Gasteiger partial charge in [-0.15, -0.1) is 0 Å². The van der Waals surface area contributed by atoms with E-state index < -0.39 is 6.17 Å². The number of carbonyl (C=O) groups is 1. The van der Waals surface area contributed by atoms with Crippen molar-refractivity contribution in [3.8, 4) is 0 Å². The van der Waals surface area contributed by atoms with Gasteiger partial charge in [0.15, 0.2) is 6.17 Å². The Morgan fingerprint density at radius 3 is 3.10 bits per heavy atom. The topological polar surface area (TPSA) is 53.6 Å². The molecule has 3 heterocycles. The summed E-state index contributed by atoms with van der Waals surface area (Å²) in [7, 11) is 0. The van der Waals surface area contributed by atoms with Gasteiger partial charge >= 0.3 is 0 Å². The summed E-state index contributed by atoms with van der Waals surface area (Å²) < 4.78 is 5.68. The van der Waals surface area contributed by atoms with Gasteiger partial charge in [0.25, 0.3) is 5.91 Å². The van der Waals surface area contributed by atoms with Gasteiger partial charge in [-0.05, 0) is 38.8 Å². The van der Waals surface area contributed by atoms with Crippen LogP contribution in [0.4, 0.5) is 0 Å². The zero-order chi connectivity index (χ0) is 15.0. The van der Waals surface area contributed by atoms with Crippen LogP contribution in [0.3, 0.4) is 0 Å². The number of allylic oxidation sites excluding steroid dienone is 3. The minimum Gasteiger partial charge on any atom is -0.375 e. The van der Waals surface area contributed by atoms with Gasteiger partial charge in [0.1, 0.15) is 5.16 Å². The van der Waals surface area contributed by atoms with E-state index >= 15 is 0 Å². The number of hydrogen-bond acceptors (Lipinski definition) is 4. The second kappa shape index (κ2) is 5.39. The number of fused-ring (bicyclic) bond motifs is 1. The summed E-state index contributed by atoms with van der Waals surface area (Å²) in [6, 6.07) is 0.134. The van der Waals surface area contributed by atoms with E-state index in [-0.39, 0.29) is 17.6 Å². The van der Waals surface area contributed by atoms with Crippen LogP contribution in [0.1, 0.15) is 26.7 Å². The molecule has 3 rings (SSSR count). The molecule has 1 amide bonds. The molecule has 0 aromatic heterocycles. The summed E-state index contributed by atoms with van der Waals surface area (Å²) >= 11 is 6.15. The lowest BCUT2D eigenvalue weighted by Crippen LogP contribution is -2.53. The number of rotatable bonds is 2. The van der Waals surface area contributed by atoms with Crippen molar-refractivity contribution in [2.45, 2.75) is 44.5 Å². The molecule has 21 heavy (non-hydrogen) atoms. The highest BCUT2D eigenvalue weighted by molar-refractivity contribution is 6.30. The number of nitrogens with one attached hydrogen (secondary N) is 2. The minimum atomic E-state index is -0.486. The Morgan fingerprint density at radius 1 is 1.52 bits per heavy atom. The zero-order valence-electron chi connectivity index (χ0n) is 12.2. The van der Waals surface area contributed by atoms with E-state index in [9.17, 15) is 4.79 Å². The molecule has 6 heteroatoms. The normalized spacial score (nSPS) is 30.1. The van der Waals surface area contributed by atoms with Crippen molar-refractivity contribution in [1.82, 2.24) is 15.5 Å². The molecule has 1 fully saturated rings. The van der Waals surface area contributed by atoms with E-state index in [4.69, 9.17) is 16.3 Å². The maximum absolute atomic E-state index is 12.5. The van der Waals surface area contributed by atoms with Crippen LogP contribution in [0.15, 0.2) is 35.3 Å². The molecule has 114 valence electrons. The van der Waals surface area contributed by atoms with Crippen molar-refractivity contribution in [1.29, 1.82) is 0 Å². The van der Waals surface area contributed by atoms with Crippen molar-refractivity contribution in [2.75, 3.05) is 6.61 Å². The largest absolute Gasteiger partial charge is 0.375 e. The van der Waals surface area contributed by atoms with Crippen LogP contribution in [0.25, 0.3) is 0 Å². The number of halogens is 1. The number of carbonyl (C=O) groups excluding carboxylic acids is 1. The second-order valence-electron chi connectivity index (χ2n) is 6.16. The maximum atomic E-state index is 12.5. The molecule has 0 bridgehead atoms. The van der Waals surface area contributed by atoms with Gasteiger partial charge < -0.3 is 20.3 Å². The SMILES string of the molecule is CC1(C)CC(NC(=O)C2NC(Cl)=C3C=CC=CN32)CCO1. The molecule has 0 aliphatic carbocycles. The predicted octanol–water partition coefficient (Wildman–Crippen LogP) is 1.78. The molecule has 2 N–H and O–H groups in total. The van der Waals surface area contributed by atoms with Gasteiger partial charge in [-0.25, -0.2) is 0 Å².